The van der Waals surface area contributed by atoms with Gasteiger partial charge in [0.1, 0.15) is 0 Å². The van der Waals surface area contributed by atoms with Crippen molar-refractivity contribution in [2.24, 2.45) is 5.92 Å². The lowest BCUT2D eigenvalue weighted by Gasteiger charge is -2.19. The summed E-state index contributed by atoms with van der Waals surface area (Å²) in [6, 6.07) is 0. The maximum Gasteiger partial charge on any atom is 0.307 e. The molecule has 1 rings (SSSR count). The zero-order valence-corrected chi connectivity index (χ0v) is 7.12. The fraction of sp³-hybridized carbons (Fsp3) is 0.667. The molecule has 1 aliphatic rings. The third-order valence-electron chi connectivity index (χ3n) is 2.04. The molecule has 0 bridgehead atoms. The van der Waals surface area contributed by atoms with Crippen LogP contribution in [0.5, 0.6) is 0 Å². The van der Waals surface area contributed by atoms with Crippen molar-refractivity contribution in [2.75, 3.05) is 13.1 Å². The first-order valence-electron chi connectivity index (χ1n) is 4.38. The van der Waals surface area contributed by atoms with Crippen LogP contribution >= 0.6 is 0 Å². The summed E-state index contributed by atoms with van der Waals surface area (Å²) in [5, 5.41) is 11.7. The highest BCUT2D eigenvalue weighted by molar-refractivity contribution is 5.68. The Hall–Kier alpha value is -0.830. The lowest BCUT2D eigenvalue weighted by atomic mass is 9.99. The van der Waals surface area contributed by atoms with Crippen molar-refractivity contribution in [3.8, 4) is 0 Å². The van der Waals surface area contributed by atoms with E-state index in [2.05, 4.69) is 5.32 Å². The molecule has 0 spiro atoms. The molecule has 1 unspecified atom stereocenters. The Bertz CT molecular complexity index is 171. The summed E-state index contributed by atoms with van der Waals surface area (Å²) >= 11 is 0. The van der Waals surface area contributed by atoms with Crippen LogP contribution in [0.4, 0.5) is 0 Å². The van der Waals surface area contributed by atoms with Crippen LogP contribution in [-0.4, -0.2) is 24.2 Å². The van der Waals surface area contributed by atoms with Gasteiger partial charge in [-0.1, -0.05) is 12.2 Å². The van der Waals surface area contributed by atoms with Crippen LogP contribution in [0.2, 0.25) is 0 Å². The lowest BCUT2D eigenvalue weighted by Crippen LogP contribution is -2.28. The lowest BCUT2D eigenvalue weighted by molar-refractivity contribution is -0.136. The van der Waals surface area contributed by atoms with E-state index < -0.39 is 5.97 Å². The molecule has 0 radical (unpaired) electrons. The highest BCUT2D eigenvalue weighted by Gasteiger charge is 2.08. The van der Waals surface area contributed by atoms with Crippen LogP contribution in [0.1, 0.15) is 19.3 Å². The number of hydrogen-bond donors (Lipinski definition) is 2. The van der Waals surface area contributed by atoms with E-state index >= 15 is 0 Å². The molecule has 1 saturated heterocycles. The molecule has 0 aromatic carbocycles. The normalized spacial score (nSPS) is 24.5. The van der Waals surface area contributed by atoms with Crippen molar-refractivity contribution < 1.29 is 9.90 Å². The van der Waals surface area contributed by atoms with Gasteiger partial charge in [0.2, 0.25) is 0 Å². The summed E-state index contributed by atoms with van der Waals surface area (Å²) < 4.78 is 0. The first kappa shape index (κ1) is 9.26. The van der Waals surface area contributed by atoms with E-state index in [1.54, 1.807) is 6.08 Å². The Morgan fingerprint density at radius 1 is 1.67 bits per heavy atom. The molecule has 0 aliphatic carbocycles. The maximum atomic E-state index is 10.2. The predicted octanol–water partition coefficient (Wildman–Crippen LogP) is 1.02. The molecule has 1 atom stereocenters. The molecule has 0 amide bonds. The molecular formula is C9H15NO2. The van der Waals surface area contributed by atoms with Gasteiger partial charge in [0.25, 0.3) is 0 Å². The van der Waals surface area contributed by atoms with E-state index in [0.717, 1.165) is 13.1 Å². The Morgan fingerprint density at radius 2 is 2.50 bits per heavy atom. The molecular weight excluding hydrogens is 154 g/mol. The molecule has 3 nitrogen and oxygen atoms in total. The van der Waals surface area contributed by atoms with Gasteiger partial charge in [-0.2, -0.15) is 0 Å². The van der Waals surface area contributed by atoms with E-state index in [1.807, 2.05) is 6.08 Å². The number of carbonyl (C=O) groups is 1. The second kappa shape index (κ2) is 4.93. The summed E-state index contributed by atoms with van der Waals surface area (Å²) in [4.78, 5) is 10.2. The molecule has 68 valence electrons. The molecule has 1 heterocycles. The Balaban J connectivity index is 2.19. The van der Waals surface area contributed by atoms with Crippen molar-refractivity contribution in [3.05, 3.63) is 12.2 Å². The molecule has 0 saturated carbocycles. The monoisotopic (exact) mass is 169 g/mol. The van der Waals surface area contributed by atoms with Gasteiger partial charge >= 0.3 is 5.97 Å². The third-order valence-corrected chi connectivity index (χ3v) is 2.04. The van der Waals surface area contributed by atoms with Crippen LogP contribution < -0.4 is 5.32 Å². The molecule has 0 aromatic rings. The average Bonchev–Trinajstić information content (AvgIpc) is 2.05. The minimum atomic E-state index is -0.755. The van der Waals surface area contributed by atoms with Gasteiger partial charge in [0, 0.05) is 6.54 Å². The fourth-order valence-electron chi connectivity index (χ4n) is 1.40. The predicted molar refractivity (Wildman–Crippen MR) is 47.0 cm³/mol. The quantitative estimate of drug-likeness (QED) is 0.620. The molecule has 12 heavy (non-hydrogen) atoms. The average molecular weight is 169 g/mol. The summed E-state index contributed by atoms with van der Waals surface area (Å²) in [6.45, 7) is 2.10. The topological polar surface area (TPSA) is 49.3 Å². The standard InChI is InChI=1S/C9H15NO2/c11-9(12)5-1-3-8-4-2-6-10-7-8/h1,3,8,10H,2,4-7H2,(H,11,12)/b3-1-. The second-order valence-electron chi connectivity index (χ2n) is 3.13. The van der Waals surface area contributed by atoms with Gasteiger partial charge in [-0.15, -0.1) is 0 Å². The van der Waals surface area contributed by atoms with Crippen molar-refractivity contribution in [1.29, 1.82) is 0 Å². The Labute approximate surface area is 72.5 Å². The maximum absolute atomic E-state index is 10.2. The van der Waals surface area contributed by atoms with E-state index in [1.165, 1.54) is 12.8 Å². The number of carboxylic acids is 1. The largest absolute Gasteiger partial charge is 0.481 e. The smallest absolute Gasteiger partial charge is 0.307 e. The van der Waals surface area contributed by atoms with Crippen molar-refractivity contribution in [2.45, 2.75) is 19.3 Å². The van der Waals surface area contributed by atoms with Gasteiger partial charge in [-0.05, 0) is 25.3 Å². The molecule has 0 aromatic heterocycles. The zero-order valence-electron chi connectivity index (χ0n) is 7.12. The van der Waals surface area contributed by atoms with Gasteiger partial charge in [0.05, 0.1) is 6.42 Å². The van der Waals surface area contributed by atoms with Crippen LogP contribution in [-0.2, 0) is 4.79 Å². The molecule has 1 aliphatic heterocycles. The fourth-order valence-corrected chi connectivity index (χ4v) is 1.40. The first-order chi connectivity index (χ1) is 5.79. The van der Waals surface area contributed by atoms with Crippen molar-refractivity contribution in [1.82, 2.24) is 5.32 Å². The SMILES string of the molecule is O=C(O)C/C=C\C1CCCNC1. The second-order valence-corrected chi connectivity index (χ2v) is 3.13. The minimum Gasteiger partial charge on any atom is -0.481 e. The van der Waals surface area contributed by atoms with Gasteiger partial charge in [0.15, 0.2) is 0 Å². The molecule has 2 N–H and O–H groups in total. The molecule has 3 heteroatoms. The van der Waals surface area contributed by atoms with Crippen LogP contribution in [0, 0.1) is 5.92 Å². The number of carboxylic acid groups (broad SMARTS) is 1. The first-order valence-corrected chi connectivity index (χ1v) is 4.38. The number of nitrogens with one attached hydrogen (secondary N) is 1. The highest BCUT2D eigenvalue weighted by Crippen LogP contribution is 2.11. The van der Waals surface area contributed by atoms with E-state index in [-0.39, 0.29) is 6.42 Å². The van der Waals surface area contributed by atoms with E-state index in [4.69, 9.17) is 5.11 Å². The van der Waals surface area contributed by atoms with E-state index in [0.29, 0.717) is 5.92 Å². The summed E-state index contributed by atoms with van der Waals surface area (Å²) in [7, 11) is 0. The number of rotatable bonds is 3. The van der Waals surface area contributed by atoms with Gasteiger partial charge < -0.3 is 10.4 Å². The van der Waals surface area contributed by atoms with Crippen LogP contribution in [0.15, 0.2) is 12.2 Å². The highest BCUT2D eigenvalue weighted by atomic mass is 16.4. The zero-order chi connectivity index (χ0) is 8.81. The number of piperidine rings is 1. The van der Waals surface area contributed by atoms with Gasteiger partial charge in [-0.3, -0.25) is 4.79 Å². The number of aliphatic carboxylic acids is 1. The summed E-state index contributed by atoms with van der Waals surface area (Å²) in [6.07, 6.45) is 6.29. The molecule has 1 fully saturated rings. The van der Waals surface area contributed by atoms with E-state index in [9.17, 15) is 4.79 Å². The van der Waals surface area contributed by atoms with Crippen LogP contribution in [0.25, 0.3) is 0 Å². The van der Waals surface area contributed by atoms with Crippen molar-refractivity contribution >= 4 is 5.97 Å². The minimum absolute atomic E-state index is 0.149. The van der Waals surface area contributed by atoms with Gasteiger partial charge in [-0.25, -0.2) is 0 Å². The Morgan fingerprint density at radius 3 is 3.08 bits per heavy atom. The Kier molecular flexibility index (Phi) is 3.80. The van der Waals surface area contributed by atoms with Crippen molar-refractivity contribution in [3.63, 3.8) is 0 Å². The third kappa shape index (κ3) is 3.53. The summed E-state index contributed by atoms with van der Waals surface area (Å²) in [5.41, 5.74) is 0. The number of hydrogen-bond acceptors (Lipinski definition) is 2. The summed E-state index contributed by atoms with van der Waals surface area (Å²) in [5.74, 6) is -0.215. The van der Waals surface area contributed by atoms with Crippen LogP contribution in [0.3, 0.4) is 0 Å².